The molecular weight excluding hydrogens is 414 g/mol. The molecule has 31 heavy (non-hydrogen) atoms. The molecule has 2 N–H and O–H groups in total. The first-order valence-corrected chi connectivity index (χ1v) is 12.2. The molecule has 7 nitrogen and oxygen atoms in total. The van der Waals surface area contributed by atoms with Crippen LogP contribution in [0.4, 0.5) is 11.4 Å². The van der Waals surface area contributed by atoms with Crippen LogP contribution in [0, 0.1) is 6.92 Å². The molecule has 0 bridgehead atoms. The number of hydrogen-bond donors (Lipinski definition) is 2. The van der Waals surface area contributed by atoms with Gasteiger partial charge < -0.3 is 10.6 Å². The number of para-hydroxylation sites is 1. The van der Waals surface area contributed by atoms with Crippen LogP contribution in [-0.2, 0) is 14.8 Å². The number of amides is 2. The molecule has 0 fully saturated rings. The molecule has 0 radical (unpaired) electrons. The Labute approximate surface area is 184 Å². The molecule has 2 amide bonds. The third-order valence-electron chi connectivity index (χ3n) is 4.89. The molecule has 0 aliphatic carbocycles. The highest BCUT2D eigenvalue weighted by Gasteiger charge is 2.18. The molecule has 1 atom stereocenters. The fourth-order valence-corrected chi connectivity index (χ4v) is 4.02. The van der Waals surface area contributed by atoms with Crippen LogP contribution in [0.15, 0.2) is 48.5 Å². The van der Waals surface area contributed by atoms with Gasteiger partial charge >= 0.3 is 0 Å². The van der Waals surface area contributed by atoms with E-state index in [2.05, 4.69) is 10.6 Å². The number of sulfonamides is 1. The first-order valence-electron chi connectivity index (χ1n) is 10.4. The SMILES string of the molecule is CC[C@H](C)NC(=O)c1ccccc1NC(=O)CCCN(c1cccc(C)c1)S(C)(=O)=O. The minimum atomic E-state index is -3.47. The lowest BCUT2D eigenvalue weighted by Crippen LogP contribution is -2.33. The summed E-state index contributed by atoms with van der Waals surface area (Å²) in [6.07, 6.45) is 2.42. The first kappa shape index (κ1) is 24.4. The molecule has 0 saturated heterocycles. The van der Waals surface area contributed by atoms with E-state index in [4.69, 9.17) is 0 Å². The third kappa shape index (κ3) is 7.40. The molecule has 8 heteroatoms. The van der Waals surface area contributed by atoms with Gasteiger partial charge in [0.15, 0.2) is 0 Å². The summed E-state index contributed by atoms with van der Waals surface area (Å²) in [5.74, 6) is -0.519. The van der Waals surface area contributed by atoms with Gasteiger partial charge in [0.1, 0.15) is 0 Å². The van der Waals surface area contributed by atoms with Crippen LogP contribution >= 0.6 is 0 Å². The van der Waals surface area contributed by atoms with Gasteiger partial charge in [-0.1, -0.05) is 31.2 Å². The molecule has 0 spiro atoms. The number of nitrogens with zero attached hydrogens (tertiary/aromatic N) is 1. The van der Waals surface area contributed by atoms with Gasteiger partial charge in [-0.25, -0.2) is 8.42 Å². The van der Waals surface area contributed by atoms with Gasteiger partial charge in [-0.05, 0) is 56.5 Å². The molecule has 2 aromatic rings. The summed E-state index contributed by atoms with van der Waals surface area (Å²) in [7, 11) is -3.47. The van der Waals surface area contributed by atoms with Gasteiger partial charge in [0, 0.05) is 19.0 Å². The molecule has 0 heterocycles. The third-order valence-corrected chi connectivity index (χ3v) is 6.08. The lowest BCUT2D eigenvalue weighted by atomic mass is 10.1. The molecule has 2 aromatic carbocycles. The van der Waals surface area contributed by atoms with E-state index in [9.17, 15) is 18.0 Å². The highest BCUT2D eigenvalue weighted by atomic mass is 32.2. The van der Waals surface area contributed by atoms with Crippen LogP contribution in [0.5, 0.6) is 0 Å². The maximum Gasteiger partial charge on any atom is 0.253 e. The number of aryl methyl sites for hydroxylation is 1. The highest BCUT2D eigenvalue weighted by molar-refractivity contribution is 7.92. The van der Waals surface area contributed by atoms with Crippen molar-refractivity contribution < 1.29 is 18.0 Å². The maximum absolute atomic E-state index is 12.5. The second-order valence-electron chi connectivity index (χ2n) is 7.65. The molecule has 0 unspecified atom stereocenters. The highest BCUT2D eigenvalue weighted by Crippen LogP contribution is 2.20. The number of carbonyl (C=O) groups excluding carboxylic acids is 2. The second kappa shape index (κ2) is 10.9. The standard InChI is InChI=1S/C23H31N3O4S/c1-5-18(3)24-23(28)20-12-6-7-13-21(20)25-22(27)14-9-15-26(31(4,29)30)19-11-8-10-17(2)16-19/h6-8,10-13,16,18H,5,9,14-15H2,1-4H3,(H,24,28)(H,25,27)/t18-/m0/s1. The number of hydrogen-bond acceptors (Lipinski definition) is 4. The maximum atomic E-state index is 12.5. The monoisotopic (exact) mass is 445 g/mol. The minimum Gasteiger partial charge on any atom is -0.350 e. The van der Waals surface area contributed by atoms with E-state index < -0.39 is 10.0 Å². The van der Waals surface area contributed by atoms with E-state index in [1.54, 1.807) is 42.5 Å². The number of benzene rings is 2. The van der Waals surface area contributed by atoms with Crippen molar-refractivity contribution in [2.45, 2.75) is 46.1 Å². The van der Waals surface area contributed by atoms with Gasteiger partial charge in [-0.2, -0.15) is 0 Å². The molecule has 0 aromatic heterocycles. The number of rotatable bonds is 10. The van der Waals surface area contributed by atoms with Crippen LogP contribution in [0.3, 0.4) is 0 Å². The fourth-order valence-electron chi connectivity index (χ4n) is 3.06. The molecule has 2 rings (SSSR count). The predicted molar refractivity (Wildman–Crippen MR) is 125 cm³/mol. The summed E-state index contributed by atoms with van der Waals surface area (Å²) < 4.78 is 25.8. The summed E-state index contributed by atoms with van der Waals surface area (Å²) in [5.41, 5.74) is 2.37. The first-order chi connectivity index (χ1) is 14.6. The minimum absolute atomic E-state index is 0.0276. The van der Waals surface area contributed by atoms with E-state index in [0.717, 1.165) is 18.2 Å². The number of nitrogens with one attached hydrogen (secondary N) is 2. The van der Waals surface area contributed by atoms with E-state index >= 15 is 0 Å². The molecule has 0 aliphatic heterocycles. The zero-order valence-corrected chi connectivity index (χ0v) is 19.3. The summed E-state index contributed by atoms with van der Waals surface area (Å²) in [4.78, 5) is 25.0. The average Bonchev–Trinajstić information content (AvgIpc) is 2.70. The van der Waals surface area contributed by atoms with E-state index in [1.807, 2.05) is 26.8 Å². The van der Waals surface area contributed by atoms with Crippen molar-refractivity contribution in [3.63, 3.8) is 0 Å². The predicted octanol–water partition coefficient (Wildman–Crippen LogP) is 3.71. The van der Waals surface area contributed by atoms with Crippen LogP contribution < -0.4 is 14.9 Å². The molecule has 0 aliphatic rings. The Morgan fingerprint density at radius 2 is 1.81 bits per heavy atom. The Morgan fingerprint density at radius 1 is 1.10 bits per heavy atom. The fraction of sp³-hybridized carbons (Fsp3) is 0.391. The van der Waals surface area contributed by atoms with Gasteiger partial charge in [-0.15, -0.1) is 0 Å². The van der Waals surface area contributed by atoms with Gasteiger partial charge in [0.2, 0.25) is 15.9 Å². The van der Waals surface area contributed by atoms with Crippen molar-refractivity contribution >= 4 is 33.2 Å². The van der Waals surface area contributed by atoms with Crippen LogP contribution in [0.2, 0.25) is 0 Å². The van der Waals surface area contributed by atoms with E-state index in [-0.39, 0.29) is 30.8 Å². The number of carbonyl (C=O) groups is 2. The van der Waals surface area contributed by atoms with E-state index in [1.165, 1.54) is 4.31 Å². The summed E-state index contributed by atoms with van der Waals surface area (Å²) in [6.45, 7) is 5.98. The summed E-state index contributed by atoms with van der Waals surface area (Å²) in [5, 5.41) is 5.67. The van der Waals surface area contributed by atoms with E-state index in [0.29, 0.717) is 23.4 Å². The normalized spacial score (nSPS) is 12.1. The Hall–Kier alpha value is -2.87. The zero-order valence-electron chi connectivity index (χ0n) is 18.5. The largest absolute Gasteiger partial charge is 0.350 e. The van der Waals surface area contributed by atoms with Crippen molar-refractivity contribution in [1.29, 1.82) is 0 Å². The Kier molecular flexibility index (Phi) is 8.62. The lowest BCUT2D eigenvalue weighted by molar-refractivity contribution is -0.116. The Bertz CT molecular complexity index is 1020. The number of anilines is 2. The van der Waals surface area contributed by atoms with Crippen molar-refractivity contribution in [1.82, 2.24) is 5.32 Å². The second-order valence-corrected chi connectivity index (χ2v) is 9.56. The van der Waals surface area contributed by atoms with Crippen LogP contribution in [0.25, 0.3) is 0 Å². The van der Waals surface area contributed by atoms with Crippen molar-refractivity contribution in [2.24, 2.45) is 0 Å². The quantitative estimate of drug-likeness (QED) is 0.583. The van der Waals surface area contributed by atoms with Crippen LogP contribution in [-0.4, -0.2) is 39.1 Å². The summed E-state index contributed by atoms with van der Waals surface area (Å²) in [6, 6.07) is 14.1. The molecular formula is C23H31N3O4S. The topological polar surface area (TPSA) is 95.6 Å². The Balaban J connectivity index is 2.01. The molecule has 0 saturated carbocycles. The van der Waals surface area contributed by atoms with Crippen molar-refractivity contribution in [3.8, 4) is 0 Å². The molecule has 168 valence electrons. The average molecular weight is 446 g/mol. The van der Waals surface area contributed by atoms with Crippen molar-refractivity contribution in [2.75, 3.05) is 22.4 Å². The zero-order chi connectivity index (χ0) is 23.0. The van der Waals surface area contributed by atoms with Crippen LogP contribution in [0.1, 0.15) is 49.0 Å². The Morgan fingerprint density at radius 3 is 2.45 bits per heavy atom. The van der Waals surface area contributed by atoms with Gasteiger partial charge in [0.25, 0.3) is 5.91 Å². The summed E-state index contributed by atoms with van der Waals surface area (Å²) >= 11 is 0. The smallest absolute Gasteiger partial charge is 0.253 e. The van der Waals surface area contributed by atoms with Gasteiger partial charge in [-0.3, -0.25) is 13.9 Å². The van der Waals surface area contributed by atoms with Crippen molar-refractivity contribution in [3.05, 3.63) is 59.7 Å². The lowest BCUT2D eigenvalue weighted by Gasteiger charge is -2.22. The van der Waals surface area contributed by atoms with Gasteiger partial charge in [0.05, 0.1) is 23.2 Å².